The lowest BCUT2D eigenvalue weighted by Gasteiger charge is -2.00. The van der Waals surface area contributed by atoms with Gasteiger partial charge in [-0.15, -0.1) is 5.10 Å². The van der Waals surface area contributed by atoms with Crippen LogP contribution in [0.3, 0.4) is 0 Å². The van der Waals surface area contributed by atoms with E-state index in [-0.39, 0.29) is 5.95 Å². The average molecular weight is 254 g/mol. The van der Waals surface area contributed by atoms with Gasteiger partial charge < -0.3 is 5.73 Å². The van der Waals surface area contributed by atoms with Gasteiger partial charge in [0.05, 0.1) is 0 Å². The van der Waals surface area contributed by atoms with Crippen LogP contribution in [0.1, 0.15) is 5.69 Å². The van der Waals surface area contributed by atoms with Crippen LogP contribution >= 0.6 is 15.9 Å². The smallest absolute Gasteiger partial charge is 0.240 e. The summed E-state index contributed by atoms with van der Waals surface area (Å²) in [6, 6.07) is 5.66. The highest BCUT2D eigenvalue weighted by Gasteiger charge is 2.07. The minimum absolute atomic E-state index is 0.222. The van der Waals surface area contributed by atoms with Crippen LogP contribution in [0, 0.1) is 6.92 Å². The number of aromatic nitrogens is 4. The van der Waals surface area contributed by atoms with Gasteiger partial charge in [-0.25, -0.2) is 4.98 Å². The fraction of sp³-hybridized carbons (Fsp3) is 0.125. The minimum atomic E-state index is 0.222. The molecular weight excluding hydrogens is 246 g/mol. The molecule has 2 N–H and O–H groups in total. The van der Waals surface area contributed by atoms with Crippen molar-refractivity contribution >= 4 is 21.9 Å². The second-order valence-corrected chi connectivity index (χ2v) is 3.50. The molecule has 2 rings (SSSR count). The number of pyridine rings is 1. The Balaban J connectivity index is 2.54. The Hall–Kier alpha value is -1.43. The molecule has 0 aliphatic rings. The van der Waals surface area contributed by atoms with E-state index >= 15 is 0 Å². The van der Waals surface area contributed by atoms with Gasteiger partial charge in [-0.2, -0.15) is 9.67 Å². The average Bonchev–Trinajstić information content (AvgIpc) is 2.45. The number of halogens is 1. The molecule has 0 radical (unpaired) electrons. The van der Waals surface area contributed by atoms with Gasteiger partial charge in [0.1, 0.15) is 0 Å². The monoisotopic (exact) mass is 253 g/mol. The molecule has 0 aliphatic carbocycles. The first-order valence-corrected chi connectivity index (χ1v) is 4.78. The van der Waals surface area contributed by atoms with Crippen molar-refractivity contribution in [3.63, 3.8) is 0 Å². The summed E-state index contributed by atoms with van der Waals surface area (Å²) in [5.74, 6) is 0.918. The van der Waals surface area contributed by atoms with Crippen LogP contribution in [0.15, 0.2) is 22.9 Å². The zero-order valence-electron chi connectivity index (χ0n) is 7.48. The topological polar surface area (TPSA) is 69.6 Å². The molecule has 0 spiro atoms. The number of nitrogens with zero attached hydrogens (tertiary/aromatic N) is 4. The molecule has 0 saturated heterocycles. The van der Waals surface area contributed by atoms with Crippen LogP contribution in [0.2, 0.25) is 0 Å². The first kappa shape index (κ1) is 9.14. The molecule has 2 heterocycles. The molecule has 72 valence electrons. The van der Waals surface area contributed by atoms with Gasteiger partial charge in [0, 0.05) is 5.69 Å². The van der Waals surface area contributed by atoms with Crippen LogP contribution < -0.4 is 5.73 Å². The van der Waals surface area contributed by atoms with Gasteiger partial charge in [0.2, 0.25) is 10.7 Å². The molecule has 0 unspecified atom stereocenters. The normalized spacial score (nSPS) is 10.4. The van der Waals surface area contributed by atoms with Gasteiger partial charge in [-0.05, 0) is 35.0 Å². The molecule has 0 fully saturated rings. The lowest BCUT2D eigenvalue weighted by Crippen LogP contribution is -2.01. The number of nitrogen functional groups attached to an aromatic ring is 1. The molecule has 5 nitrogen and oxygen atoms in total. The molecule has 0 amide bonds. The first-order valence-electron chi connectivity index (χ1n) is 3.99. The summed E-state index contributed by atoms with van der Waals surface area (Å²) in [5, 5.41) is 4.00. The second kappa shape index (κ2) is 3.38. The molecule has 0 atom stereocenters. The number of hydrogen-bond acceptors (Lipinski definition) is 4. The lowest BCUT2D eigenvalue weighted by atomic mass is 10.4. The zero-order valence-corrected chi connectivity index (χ0v) is 9.06. The van der Waals surface area contributed by atoms with Crippen molar-refractivity contribution in [2.75, 3.05) is 5.73 Å². The fourth-order valence-electron chi connectivity index (χ4n) is 1.10. The highest BCUT2D eigenvalue weighted by molar-refractivity contribution is 9.10. The Morgan fingerprint density at radius 2 is 2.14 bits per heavy atom. The van der Waals surface area contributed by atoms with E-state index in [1.54, 1.807) is 4.68 Å². The number of aryl methyl sites for hydroxylation is 1. The highest BCUT2D eigenvalue weighted by atomic mass is 79.9. The van der Waals surface area contributed by atoms with Gasteiger partial charge in [0.25, 0.3) is 0 Å². The molecule has 0 bridgehead atoms. The van der Waals surface area contributed by atoms with Gasteiger partial charge in [-0.3, -0.25) is 0 Å². The Morgan fingerprint density at radius 3 is 2.71 bits per heavy atom. The fourth-order valence-corrected chi connectivity index (χ4v) is 1.54. The van der Waals surface area contributed by atoms with Crippen molar-refractivity contribution < 1.29 is 0 Å². The third kappa shape index (κ3) is 1.60. The second-order valence-electron chi connectivity index (χ2n) is 2.79. The summed E-state index contributed by atoms with van der Waals surface area (Å²) in [4.78, 5) is 8.22. The highest BCUT2D eigenvalue weighted by Crippen LogP contribution is 2.13. The Kier molecular flexibility index (Phi) is 2.20. The third-order valence-electron chi connectivity index (χ3n) is 1.67. The Morgan fingerprint density at radius 1 is 1.36 bits per heavy atom. The Labute approximate surface area is 89.1 Å². The van der Waals surface area contributed by atoms with Crippen LogP contribution in [-0.4, -0.2) is 19.7 Å². The summed E-state index contributed by atoms with van der Waals surface area (Å²) in [5.41, 5.74) is 6.37. The molecular formula is C8H8BrN5. The van der Waals surface area contributed by atoms with Gasteiger partial charge >= 0.3 is 0 Å². The predicted molar refractivity (Wildman–Crippen MR) is 56.0 cm³/mol. The maximum Gasteiger partial charge on any atom is 0.240 e. The molecule has 0 saturated carbocycles. The molecule has 14 heavy (non-hydrogen) atoms. The van der Waals surface area contributed by atoms with Crippen molar-refractivity contribution in [2.24, 2.45) is 0 Å². The molecule has 2 aromatic rings. The number of rotatable bonds is 1. The summed E-state index contributed by atoms with van der Waals surface area (Å²) < 4.78 is 2.09. The number of hydrogen-bond donors (Lipinski definition) is 1. The van der Waals surface area contributed by atoms with Crippen LogP contribution in [-0.2, 0) is 0 Å². The maximum absolute atomic E-state index is 5.45. The van der Waals surface area contributed by atoms with Crippen molar-refractivity contribution in [1.29, 1.82) is 0 Å². The standard InChI is InChI=1S/C8H8BrN5/c1-5-3-2-4-6(11-5)14-7(9)12-8(10)13-14/h2-4H,1H3,(H2,10,13). The van der Waals surface area contributed by atoms with E-state index in [4.69, 9.17) is 5.73 Å². The Bertz CT molecular complexity index is 465. The van der Waals surface area contributed by atoms with E-state index in [0.29, 0.717) is 10.6 Å². The van der Waals surface area contributed by atoms with E-state index < -0.39 is 0 Å². The van der Waals surface area contributed by atoms with E-state index in [2.05, 4.69) is 31.0 Å². The maximum atomic E-state index is 5.45. The minimum Gasteiger partial charge on any atom is -0.366 e. The molecule has 0 aliphatic heterocycles. The summed E-state index contributed by atoms with van der Waals surface area (Å²) in [6.07, 6.45) is 0. The zero-order chi connectivity index (χ0) is 10.1. The molecule has 0 aromatic carbocycles. The number of nitrogens with two attached hydrogens (primary N) is 1. The third-order valence-corrected chi connectivity index (χ3v) is 2.19. The van der Waals surface area contributed by atoms with E-state index in [1.165, 1.54) is 0 Å². The van der Waals surface area contributed by atoms with Crippen LogP contribution in [0.25, 0.3) is 5.82 Å². The van der Waals surface area contributed by atoms with Crippen molar-refractivity contribution in [2.45, 2.75) is 6.92 Å². The first-order chi connectivity index (χ1) is 6.66. The SMILES string of the molecule is Cc1cccc(-n2nc(N)nc2Br)n1. The van der Waals surface area contributed by atoms with Crippen molar-refractivity contribution in [1.82, 2.24) is 19.7 Å². The van der Waals surface area contributed by atoms with Crippen LogP contribution in [0.4, 0.5) is 5.95 Å². The van der Waals surface area contributed by atoms with Crippen molar-refractivity contribution in [3.05, 3.63) is 28.6 Å². The van der Waals surface area contributed by atoms with E-state index in [1.807, 2.05) is 25.1 Å². The summed E-state index contributed by atoms with van der Waals surface area (Å²) in [7, 11) is 0. The van der Waals surface area contributed by atoms with E-state index in [9.17, 15) is 0 Å². The molecule has 6 heteroatoms. The largest absolute Gasteiger partial charge is 0.366 e. The number of anilines is 1. The van der Waals surface area contributed by atoms with Gasteiger partial charge in [-0.1, -0.05) is 6.07 Å². The molecule has 2 aromatic heterocycles. The van der Waals surface area contributed by atoms with Crippen molar-refractivity contribution in [3.8, 4) is 5.82 Å². The van der Waals surface area contributed by atoms with E-state index in [0.717, 1.165) is 5.69 Å². The van der Waals surface area contributed by atoms with Crippen LogP contribution in [0.5, 0.6) is 0 Å². The van der Waals surface area contributed by atoms with Gasteiger partial charge in [0.15, 0.2) is 5.82 Å². The summed E-state index contributed by atoms with van der Waals surface area (Å²) in [6.45, 7) is 1.91. The summed E-state index contributed by atoms with van der Waals surface area (Å²) >= 11 is 3.25. The lowest BCUT2D eigenvalue weighted by molar-refractivity contribution is 0.822. The predicted octanol–water partition coefficient (Wildman–Crippen LogP) is 1.32. The quantitative estimate of drug-likeness (QED) is 0.833.